The number of nitrogens with zero attached hydrogens (tertiary/aromatic N) is 1. The lowest BCUT2D eigenvalue weighted by Gasteiger charge is -2.22. The fourth-order valence-corrected chi connectivity index (χ4v) is 3.88. The van der Waals surface area contributed by atoms with E-state index >= 15 is 0 Å². The van der Waals surface area contributed by atoms with Gasteiger partial charge in [0.15, 0.2) is 5.17 Å². The number of benzene rings is 1. The molecule has 2 atom stereocenters. The summed E-state index contributed by atoms with van der Waals surface area (Å²) in [6, 6.07) is 5.48. The summed E-state index contributed by atoms with van der Waals surface area (Å²) in [5.41, 5.74) is 1.97. The van der Waals surface area contributed by atoms with Crippen LogP contribution in [0.2, 0.25) is 0 Å². The maximum absolute atomic E-state index is 13.6. The molecule has 0 aliphatic carbocycles. The molecule has 4 heteroatoms. The number of amidine groups is 1. The van der Waals surface area contributed by atoms with E-state index in [-0.39, 0.29) is 11.9 Å². The van der Waals surface area contributed by atoms with Gasteiger partial charge >= 0.3 is 0 Å². The molecular formula is C17H25FN2S. The highest BCUT2D eigenvalue weighted by Gasteiger charge is 2.25. The SMILES string of the molecule is Cc1ccc(C(C)NC2=NCC(CC(C)(C)C)S2)cc1F. The molecule has 0 aromatic heterocycles. The van der Waals surface area contributed by atoms with Crippen molar-refractivity contribution in [2.75, 3.05) is 6.54 Å². The summed E-state index contributed by atoms with van der Waals surface area (Å²) in [6.45, 7) is 11.5. The van der Waals surface area contributed by atoms with Crippen LogP contribution in [0.3, 0.4) is 0 Å². The third-order valence-corrected chi connectivity index (χ3v) is 4.71. The van der Waals surface area contributed by atoms with Crippen LogP contribution in [0.25, 0.3) is 0 Å². The zero-order chi connectivity index (χ0) is 15.6. The molecule has 2 nitrogen and oxygen atoms in total. The summed E-state index contributed by atoms with van der Waals surface area (Å²) in [5.74, 6) is -0.146. The Bertz CT molecular complexity index is 534. The Hall–Kier alpha value is -1.03. The van der Waals surface area contributed by atoms with Crippen molar-refractivity contribution in [3.05, 3.63) is 35.1 Å². The van der Waals surface area contributed by atoms with E-state index < -0.39 is 0 Å². The molecule has 0 amide bonds. The maximum Gasteiger partial charge on any atom is 0.157 e. The smallest absolute Gasteiger partial charge is 0.157 e. The molecule has 2 rings (SSSR count). The van der Waals surface area contributed by atoms with Gasteiger partial charge in [0, 0.05) is 5.25 Å². The first-order chi connectivity index (χ1) is 9.74. The van der Waals surface area contributed by atoms with Crippen LogP contribution in [0.4, 0.5) is 4.39 Å². The van der Waals surface area contributed by atoms with Crippen molar-refractivity contribution >= 4 is 16.9 Å². The molecular weight excluding hydrogens is 283 g/mol. The summed E-state index contributed by atoms with van der Waals surface area (Å²) >= 11 is 1.81. The number of hydrogen-bond acceptors (Lipinski definition) is 3. The van der Waals surface area contributed by atoms with E-state index in [1.54, 1.807) is 13.0 Å². The van der Waals surface area contributed by atoms with E-state index in [0.717, 1.165) is 23.7 Å². The molecule has 0 radical (unpaired) electrons. The second-order valence-electron chi connectivity index (χ2n) is 7.03. The monoisotopic (exact) mass is 308 g/mol. The number of aliphatic imine (C=N–C) groups is 1. The fraction of sp³-hybridized carbons (Fsp3) is 0.588. The summed E-state index contributed by atoms with van der Waals surface area (Å²) in [4.78, 5) is 4.58. The molecule has 0 fully saturated rings. The average Bonchev–Trinajstić information content (AvgIpc) is 2.77. The van der Waals surface area contributed by atoms with Crippen LogP contribution >= 0.6 is 11.8 Å². The summed E-state index contributed by atoms with van der Waals surface area (Å²) < 4.78 is 13.6. The minimum atomic E-state index is -0.146. The molecule has 0 saturated carbocycles. The number of thioether (sulfide) groups is 1. The lowest BCUT2D eigenvalue weighted by molar-refractivity contribution is 0.375. The van der Waals surface area contributed by atoms with Crippen molar-refractivity contribution in [3.8, 4) is 0 Å². The maximum atomic E-state index is 13.6. The summed E-state index contributed by atoms with van der Waals surface area (Å²) in [7, 11) is 0. The van der Waals surface area contributed by atoms with E-state index in [1.165, 1.54) is 0 Å². The van der Waals surface area contributed by atoms with Crippen molar-refractivity contribution in [1.82, 2.24) is 5.32 Å². The predicted molar refractivity (Wildman–Crippen MR) is 90.4 cm³/mol. The quantitative estimate of drug-likeness (QED) is 0.876. The van der Waals surface area contributed by atoms with E-state index in [4.69, 9.17) is 0 Å². The van der Waals surface area contributed by atoms with Gasteiger partial charge in [0.1, 0.15) is 5.82 Å². The van der Waals surface area contributed by atoms with Gasteiger partial charge in [-0.05, 0) is 42.9 Å². The standard InChI is InChI=1S/C17H25FN2S/c1-11-6-7-13(8-15(11)18)12(2)20-16-19-10-14(21-16)9-17(3,4)5/h6-8,12,14H,9-10H2,1-5H3,(H,19,20). The van der Waals surface area contributed by atoms with E-state index in [9.17, 15) is 4.39 Å². The molecule has 1 aromatic carbocycles. The van der Waals surface area contributed by atoms with E-state index in [1.807, 2.05) is 30.8 Å². The Balaban J connectivity index is 1.92. The van der Waals surface area contributed by atoms with Crippen molar-refractivity contribution < 1.29 is 4.39 Å². The number of rotatable bonds is 3. The number of halogens is 1. The molecule has 0 saturated heterocycles. The van der Waals surface area contributed by atoms with Crippen LogP contribution in [0.5, 0.6) is 0 Å². The normalized spacial score (nSPS) is 20.3. The van der Waals surface area contributed by atoms with Crippen molar-refractivity contribution in [1.29, 1.82) is 0 Å². The van der Waals surface area contributed by atoms with Gasteiger partial charge in [-0.15, -0.1) is 0 Å². The van der Waals surface area contributed by atoms with Gasteiger partial charge in [-0.3, -0.25) is 4.99 Å². The average molecular weight is 308 g/mol. The van der Waals surface area contributed by atoms with Crippen LogP contribution in [0.15, 0.2) is 23.2 Å². The van der Waals surface area contributed by atoms with Gasteiger partial charge in [0.2, 0.25) is 0 Å². The zero-order valence-corrected chi connectivity index (χ0v) is 14.4. The second kappa shape index (κ2) is 6.39. The molecule has 116 valence electrons. The third kappa shape index (κ3) is 4.73. The molecule has 1 aliphatic heterocycles. The molecule has 1 heterocycles. The minimum absolute atomic E-state index is 0.0692. The van der Waals surface area contributed by atoms with Gasteiger partial charge in [-0.1, -0.05) is 44.7 Å². The highest BCUT2D eigenvalue weighted by Crippen LogP contribution is 2.32. The van der Waals surface area contributed by atoms with Crippen LogP contribution in [-0.4, -0.2) is 17.0 Å². The third-order valence-electron chi connectivity index (χ3n) is 3.59. The van der Waals surface area contributed by atoms with Gasteiger partial charge in [-0.2, -0.15) is 0 Å². The van der Waals surface area contributed by atoms with Crippen molar-refractivity contribution in [2.24, 2.45) is 10.4 Å². The Morgan fingerprint density at radius 2 is 2.14 bits per heavy atom. The van der Waals surface area contributed by atoms with Crippen LogP contribution < -0.4 is 5.32 Å². The largest absolute Gasteiger partial charge is 0.358 e. The van der Waals surface area contributed by atoms with Gasteiger partial charge in [0.25, 0.3) is 0 Å². The first-order valence-corrected chi connectivity index (χ1v) is 8.36. The predicted octanol–water partition coefficient (Wildman–Crippen LogP) is 4.69. The Labute approximate surface area is 131 Å². The van der Waals surface area contributed by atoms with Gasteiger partial charge in [0.05, 0.1) is 12.6 Å². The molecule has 2 unspecified atom stereocenters. The number of hydrogen-bond donors (Lipinski definition) is 1. The molecule has 1 N–H and O–H groups in total. The highest BCUT2D eigenvalue weighted by molar-refractivity contribution is 8.14. The van der Waals surface area contributed by atoms with Crippen LogP contribution in [0, 0.1) is 18.2 Å². The Morgan fingerprint density at radius 3 is 2.76 bits per heavy atom. The first kappa shape index (κ1) is 16.3. The Kier molecular flexibility index (Phi) is 4.97. The second-order valence-corrected chi connectivity index (χ2v) is 8.31. The van der Waals surface area contributed by atoms with Gasteiger partial charge in [-0.25, -0.2) is 4.39 Å². The molecule has 1 aliphatic rings. The summed E-state index contributed by atoms with van der Waals surface area (Å²) in [5, 5.41) is 4.94. The lowest BCUT2D eigenvalue weighted by Crippen LogP contribution is -2.24. The zero-order valence-electron chi connectivity index (χ0n) is 13.5. The minimum Gasteiger partial charge on any atom is -0.358 e. The fourth-order valence-electron chi connectivity index (χ4n) is 2.43. The Morgan fingerprint density at radius 1 is 1.43 bits per heavy atom. The molecule has 0 spiro atoms. The molecule has 21 heavy (non-hydrogen) atoms. The molecule has 1 aromatic rings. The van der Waals surface area contributed by atoms with Crippen molar-refractivity contribution in [3.63, 3.8) is 0 Å². The van der Waals surface area contributed by atoms with E-state index in [2.05, 4.69) is 31.1 Å². The molecule has 0 bridgehead atoms. The topological polar surface area (TPSA) is 24.4 Å². The number of aryl methyl sites for hydroxylation is 1. The first-order valence-electron chi connectivity index (χ1n) is 7.48. The van der Waals surface area contributed by atoms with E-state index in [0.29, 0.717) is 16.2 Å². The highest BCUT2D eigenvalue weighted by atomic mass is 32.2. The summed E-state index contributed by atoms with van der Waals surface area (Å²) in [6.07, 6.45) is 1.15. The van der Waals surface area contributed by atoms with Gasteiger partial charge < -0.3 is 5.32 Å². The van der Waals surface area contributed by atoms with Crippen LogP contribution in [0.1, 0.15) is 51.3 Å². The van der Waals surface area contributed by atoms with Crippen LogP contribution in [-0.2, 0) is 0 Å². The van der Waals surface area contributed by atoms with Crippen molar-refractivity contribution in [2.45, 2.75) is 52.3 Å². The number of nitrogens with one attached hydrogen (secondary N) is 1. The lowest BCUT2D eigenvalue weighted by atomic mass is 9.90.